The molecule has 1 amide bonds. The fourth-order valence-electron chi connectivity index (χ4n) is 4.87. The number of carbonyl (C=O) groups excluding carboxylic acids is 1. The number of allylic oxidation sites excluding steroid dienone is 3. The molecule has 2 atom stereocenters. The number of fused-ring (bicyclic) bond motifs is 4. The molecule has 1 aromatic rings. The predicted octanol–water partition coefficient (Wildman–Crippen LogP) is 3.69. The topological polar surface area (TPSA) is 26.8 Å². The first-order chi connectivity index (χ1) is 14.0. The van der Waals surface area contributed by atoms with Crippen LogP contribution in [0.15, 0.2) is 54.4 Å². The van der Waals surface area contributed by atoms with E-state index >= 15 is 0 Å². The number of rotatable bonds is 5. The number of hydrogen-bond acceptors (Lipinski definition) is 4. The Balaban J connectivity index is 1.55. The quantitative estimate of drug-likeness (QED) is 0.741. The van der Waals surface area contributed by atoms with Gasteiger partial charge in [0.15, 0.2) is 0 Å². The van der Waals surface area contributed by atoms with E-state index in [4.69, 9.17) is 0 Å². The number of hydrogen-bond donors (Lipinski definition) is 0. The summed E-state index contributed by atoms with van der Waals surface area (Å²) in [5, 5.41) is 0. The molecule has 0 radical (unpaired) electrons. The lowest BCUT2D eigenvalue weighted by molar-refractivity contribution is -0.131. The van der Waals surface area contributed by atoms with Gasteiger partial charge in [-0.25, -0.2) is 0 Å². The minimum absolute atomic E-state index is 0.282. The zero-order valence-electron chi connectivity index (χ0n) is 17.7. The molecular weight excluding hydrogens is 378 g/mol. The van der Waals surface area contributed by atoms with Gasteiger partial charge >= 0.3 is 0 Å². The summed E-state index contributed by atoms with van der Waals surface area (Å²) in [7, 11) is 4.18. The summed E-state index contributed by atoms with van der Waals surface area (Å²) < 4.78 is 0. The van der Waals surface area contributed by atoms with Gasteiger partial charge in [0.25, 0.3) is 0 Å². The fourth-order valence-corrected chi connectivity index (χ4v) is 5.30. The molecule has 3 aliphatic rings. The van der Waals surface area contributed by atoms with Crippen LogP contribution in [0.3, 0.4) is 0 Å². The third kappa shape index (κ3) is 4.17. The van der Waals surface area contributed by atoms with Gasteiger partial charge in [-0.3, -0.25) is 4.79 Å². The van der Waals surface area contributed by atoms with Crippen molar-refractivity contribution in [2.45, 2.75) is 13.0 Å². The normalized spacial score (nSPS) is 23.7. The lowest BCUT2D eigenvalue weighted by Crippen LogP contribution is -2.53. The van der Waals surface area contributed by atoms with Gasteiger partial charge in [0.05, 0.1) is 5.75 Å². The van der Waals surface area contributed by atoms with Crippen molar-refractivity contribution in [1.82, 2.24) is 14.7 Å². The maximum absolute atomic E-state index is 12.4. The largest absolute Gasteiger partial charge is 0.344 e. The monoisotopic (exact) mass is 409 g/mol. The molecule has 2 bridgehead atoms. The van der Waals surface area contributed by atoms with Gasteiger partial charge in [-0.15, -0.1) is 0 Å². The zero-order chi connectivity index (χ0) is 20.5. The third-order valence-corrected chi connectivity index (χ3v) is 6.69. The first-order valence-corrected chi connectivity index (χ1v) is 11.7. The van der Waals surface area contributed by atoms with Crippen molar-refractivity contribution in [2.75, 3.05) is 45.7 Å². The van der Waals surface area contributed by atoms with Crippen LogP contribution in [-0.2, 0) is 11.3 Å². The summed E-state index contributed by atoms with van der Waals surface area (Å²) in [5.74, 6) is 1.81. The molecule has 2 fully saturated rings. The van der Waals surface area contributed by atoms with Crippen molar-refractivity contribution in [3.8, 4) is 0 Å². The molecule has 0 aliphatic carbocycles. The van der Waals surface area contributed by atoms with E-state index in [1.165, 1.54) is 28.8 Å². The molecule has 0 unspecified atom stereocenters. The van der Waals surface area contributed by atoms with Gasteiger partial charge in [-0.05, 0) is 49.9 Å². The molecule has 0 saturated carbocycles. The smallest absolute Gasteiger partial charge is 0.232 e. The van der Waals surface area contributed by atoms with Crippen LogP contribution in [-0.4, -0.2) is 66.3 Å². The van der Waals surface area contributed by atoms with E-state index in [0.717, 1.165) is 31.9 Å². The highest BCUT2D eigenvalue weighted by atomic mass is 32.2. The SMILES string of the molecule is C=C1C(c2ccc(CN(C)C)cc2)=CC=C2[C@@H]3C[C@@H](CN(C(=O)CSC)C3)CN12. The second kappa shape index (κ2) is 8.41. The van der Waals surface area contributed by atoms with E-state index in [0.29, 0.717) is 17.6 Å². The van der Waals surface area contributed by atoms with E-state index < -0.39 is 0 Å². The van der Waals surface area contributed by atoms with Crippen molar-refractivity contribution in [1.29, 1.82) is 0 Å². The van der Waals surface area contributed by atoms with E-state index in [1.54, 1.807) is 11.8 Å². The zero-order valence-corrected chi connectivity index (χ0v) is 18.5. The number of piperidine rings is 2. The Labute approximate surface area is 178 Å². The number of benzene rings is 1. The first kappa shape index (κ1) is 20.3. The van der Waals surface area contributed by atoms with Crippen molar-refractivity contribution >= 4 is 23.2 Å². The van der Waals surface area contributed by atoms with Crippen LogP contribution in [0.2, 0.25) is 0 Å². The van der Waals surface area contributed by atoms with E-state index in [1.807, 2.05) is 6.26 Å². The molecule has 29 heavy (non-hydrogen) atoms. The Bertz CT molecular complexity index is 855. The number of thioether (sulfide) groups is 1. The van der Waals surface area contributed by atoms with E-state index in [-0.39, 0.29) is 5.91 Å². The van der Waals surface area contributed by atoms with Gasteiger partial charge < -0.3 is 14.7 Å². The van der Waals surface area contributed by atoms with Crippen LogP contribution in [0.4, 0.5) is 0 Å². The average molecular weight is 410 g/mol. The molecule has 4 nitrogen and oxygen atoms in total. The van der Waals surface area contributed by atoms with Gasteiger partial charge in [-0.2, -0.15) is 11.8 Å². The maximum atomic E-state index is 12.4. The molecule has 2 saturated heterocycles. The Hall–Kier alpha value is -1.98. The average Bonchev–Trinajstić information content (AvgIpc) is 2.69. The van der Waals surface area contributed by atoms with Crippen molar-refractivity contribution < 1.29 is 4.79 Å². The second-order valence-electron chi connectivity index (χ2n) is 8.69. The molecule has 5 heteroatoms. The summed E-state index contributed by atoms with van der Waals surface area (Å²) in [4.78, 5) is 19.1. The molecule has 0 N–H and O–H groups in total. The molecule has 0 aromatic heterocycles. The summed E-state index contributed by atoms with van der Waals surface area (Å²) >= 11 is 1.61. The molecule has 0 spiro atoms. The highest BCUT2D eigenvalue weighted by Crippen LogP contribution is 2.42. The Morgan fingerprint density at radius 2 is 1.93 bits per heavy atom. The molecule has 1 aromatic carbocycles. The Morgan fingerprint density at radius 3 is 2.62 bits per heavy atom. The van der Waals surface area contributed by atoms with Gasteiger partial charge in [0, 0.05) is 49.1 Å². The first-order valence-electron chi connectivity index (χ1n) is 10.4. The molecule has 3 heterocycles. The number of nitrogens with zero attached hydrogens (tertiary/aromatic N) is 3. The van der Waals surface area contributed by atoms with Gasteiger partial charge in [-0.1, -0.05) is 36.9 Å². The van der Waals surface area contributed by atoms with Crippen molar-refractivity contribution in [3.05, 3.63) is 65.5 Å². The summed E-state index contributed by atoms with van der Waals surface area (Å²) in [6.07, 6.45) is 7.66. The summed E-state index contributed by atoms with van der Waals surface area (Å²) in [6.45, 7) is 8.09. The van der Waals surface area contributed by atoms with Gasteiger partial charge in [0.2, 0.25) is 5.91 Å². The van der Waals surface area contributed by atoms with Crippen molar-refractivity contribution in [3.63, 3.8) is 0 Å². The lowest BCUT2D eigenvalue weighted by atomic mass is 9.79. The lowest BCUT2D eigenvalue weighted by Gasteiger charge is -2.49. The molecule has 4 rings (SSSR count). The van der Waals surface area contributed by atoms with Crippen LogP contribution in [0, 0.1) is 11.8 Å². The van der Waals surface area contributed by atoms with Crippen molar-refractivity contribution in [2.24, 2.45) is 11.8 Å². The maximum Gasteiger partial charge on any atom is 0.232 e. The molecule has 154 valence electrons. The van der Waals surface area contributed by atoms with E-state index in [9.17, 15) is 4.79 Å². The van der Waals surface area contributed by atoms with Crippen LogP contribution in [0.1, 0.15) is 17.5 Å². The van der Waals surface area contributed by atoms with E-state index in [2.05, 4.69) is 71.8 Å². The minimum Gasteiger partial charge on any atom is -0.344 e. The highest BCUT2D eigenvalue weighted by molar-refractivity contribution is 7.99. The minimum atomic E-state index is 0.282. The molecular formula is C24H31N3OS. The van der Waals surface area contributed by atoms with Crippen LogP contribution < -0.4 is 0 Å². The Kier molecular flexibility index (Phi) is 5.88. The standard InChI is InChI=1S/C24H31N3OS/c1-17-22(20-7-5-18(6-8-20)12-25(2)3)9-10-23-21-11-19(14-27(17)23)13-26(15-21)24(28)16-29-4/h5-10,19,21H,1,11-16H2,2-4H3/t19-,21+/m0/s1. The third-order valence-electron chi connectivity index (χ3n) is 6.15. The Morgan fingerprint density at radius 1 is 1.17 bits per heavy atom. The van der Waals surface area contributed by atoms with Crippen LogP contribution in [0.25, 0.3) is 5.57 Å². The number of likely N-dealkylation sites (tertiary alicyclic amines) is 1. The van der Waals surface area contributed by atoms with Gasteiger partial charge in [0.1, 0.15) is 0 Å². The summed E-state index contributed by atoms with van der Waals surface area (Å²) in [5.41, 5.74) is 6.18. The fraction of sp³-hybridized carbons (Fsp3) is 0.458. The van der Waals surface area contributed by atoms with Crippen LogP contribution >= 0.6 is 11.8 Å². The molecule has 3 aliphatic heterocycles. The summed E-state index contributed by atoms with van der Waals surface area (Å²) in [6, 6.07) is 8.84. The predicted molar refractivity (Wildman–Crippen MR) is 122 cm³/mol. The van der Waals surface area contributed by atoms with Crippen LogP contribution in [0.5, 0.6) is 0 Å². The number of amides is 1. The number of carbonyl (C=O) groups is 1. The second-order valence-corrected chi connectivity index (χ2v) is 9.56. The highest BCUT2D eigenvalue weighted by Gasteiger charge is 2.40.